The van der Waals surface area contributed by atoms with E-state index in [4.69, 9.17) is 0 Å². The van der Waals surface area contributed by atoms with Gasteiger partial charge in [0.05, 0.1) is 6.61 Å². The first-order valence-electron chi connectivity index (χ1n) is 7.70. The highest BCUT2D eigenvalue weighted by Gasteiger charge is 2.21. The Morgan fingerprint density at radius 1 is 1.14 bits per heavy atom. The maximum Gasteiger partial charge on any atom is 0.0610 e. The molecule has 0 fully saturated rings. The first-order valence-corrected chi connectivity index (χ1v) is 7.70. The Morgan fingerprint density at radius 3 is 2.57 bits per heavy atom. The van der Waals surface area contributed by atoms with Crippen LogP contribution in [0.3, 0.4) is 0 Å². The summed E-state index contributed by atoms with van der Waals surface area (Å²) in [6.45, 7) is 6.08. The van der Waals surface area contributed by atoms with Crippen molar-refractivity contribution in [2.75, 3.05) is 6.61 Å². The average Bonchev–Trinajstić information content (AvgIpc) is 2.94. The van der Waals surface area contributed by atoms with E-state index >= 15 is 0 Å². The summed E-state index contributed by atoms with van der Waals surface area (Å²) < 4.78 is 2.20. The maximum absolute atomic E-state index is 9.53. The largest absolute Gasteiger partial charge is 0.394 e. The lowest BCUT2D eigenvalue weighted by Crippen LogP contribution is -2.45. The highest BCUT2D eigenvalue weighted by molar-refractivity contribution is 5.17. The molecule has 0 saturated heterocycles. The van der Waals surface area contributed by atoms with Crippen molar-refractivity contribution in [2.24, 2.45) is 0 Å². The van der Waals surface area contributed by atoms with Gasteiger partial charge in [-0.3, -0.25) is 0 Å². The van der Waals surface area contributed by atoms with Crippen LogP contribution in [0.15, 0.2) is 48.8 Å². The molecule has 114 valence electrons. The van der Waals surface area contributed by atoms with Crippen molar-refractivity contribution in [1.82, 2.24) is 9.88 Å². The van der Waals surface area contributed by atoms with Crippen LogP contribution in [0.25, 0.3) is 0 Å². The molecule has 0 saturated carbocycles. The van der Waals surface area contributed by atoms with Gasteiger partial charge in [0.25, 0.3) is 0 Å². The third kappa shape index (κ3) is 4.73. The Hall–Kier alpha value is -1.58. The van der Waals surface area contributed by atoms with Crippen molar-refractivity contribution in [3.8, 4) is 0 Å². The van der Waals surface area contributed by atoms with Gasteiger partial charge in [-0.15, -0.1) is 0 Å². The van der Waals surface area contributed by atoms with E-state index in [2.05, 4.69) is 66.5 Å². The first-order chi connectivity index (χ1) is 10.1. The van der Waals surface area contributed by atoms with Crippen molar-refractivity contribution < 1.29 is 5.11 Å². The minimum atomic E-state index is -0.184. The summed E-state index contributed by atoms with van der Waals surface area (Å²) in [5, 5.41) is 13.0. The van der Waals surface area contributed by atoms with Crippen molar-refractivity contribution in [3.05, 3.63) is 59.9 Å². The Kier molecular flexibility index (Phi) is 5.59. The lowest BCUT2D eigenvalue weighted by atomic mass is 9.97. The van der Waals surface area contributed by atoms with E-state index in [1.54, 1.807) is 0 Å². The van der Waals surface area contributed by atoms with Crippen LogP contribution in [0.1, 0.15) is 37.8 Å². The molecular formula is C18H26N2O. The highest BCUT2D eigenvalue weighted by atomic mass is 16.3. The number of aromatic nitrogens is 1. The zero-order valence-electron chi connectivity index (χ0n) is 13.0. The molecule has 0 bridgehead atoms. The van der Waals surface area contributed by atoms with Gasteiger partial charge in [-0.1, -0.05) is 43.7 Å². The summed E-state index contributed by atoms with van der Waals surface area (Å²) in [5.41, 5.74) is 2.37. The minimum Gasteiger partial charge on any atom is -0.394 e. The van der Waals surface area contributed by atoms with E-state index in [0.29, 0.717) is 0 Å². The first kappa shape index (κ1) is 15.8. The van der Waals surface area contributed by atoms with E-state index in [1.807, 2.05) is 6.07 Å². The molecule has 3 nitrogen and oxygen atoms in total. The quantitative estimate of drug-likeness (QED) is 0.782. The van der Waals surface area contributed by atoms with Gasteiger partial charge in [0, 0.05) is 31.0 Å². The molecule has 0 aliphatic heterocycles. The summed E-state index contributed by atoms with van der Waals surface area (Å²) >= 11 is 0. The smallest absolute Gasteiger partial charge is 0.0610 e. The van der Waals surface area contributed by atoms with Gasteiger partial charge < -0.3 is 15.0 Å². The molecule has 2 rings (SSSR count). The zero-order valence-corrected chi connectivity index (χ0v) is 13.0. The van der Waals surface area contributed by atoms with E-state index < -0.39 is 0 Å². The maximum atomic E-state index is 9.53. The fourth-order valence-electron chi connectivity index (χ4n) is 2.58. The number of hydrogen-bond acceptors (Lipinski definition) is 2. The standard InChI is InChI=1S/C18H26N2O/c1-3-10-18(2,15-21)19-12-17-9-11-20(14-17)13-16-7-5-4-6-8-16/h4-9,11,14,19,21H,3,10,12-13,15H2,1-2H3. The molecule has 0 radical (unpaired) electrons. The molecule has 0 amide bonds. The number of nitrogens with zero attached hydrogens (tertiary/aromatic N) is 1. The summed E-state index contributed by atoms with van der Waals surface area (Å²) in [6.07, 6.45) is 6.33. The molecule has 1 unspecified atom stereocenters. The van der Waals surface area contributed by atoms with Crippen LogP contribution >= 0.6 is 0 Å². The van der Waals surface area contributed by atoms with Gasteiger partial charge in [-0.2, -0.15) is 0 Å². The molecule has 0 aliphatic carbocycles. The monoisotopic (exact) mass is 286 g/mol. The third-order valence-electron chi connectivity index (χ3n) is 3.89. The average molecular weight is 286 g/mol. The molecule has 1 heterocycles. The van der Waals surface area contributed by atoms with E-state index in [0.717, 1.165) is 25.9 Å². The predicted octanol–water partition coefficient (Wildman–Crippen LogP) is 3.18. The fourth-order valence-corrected chi connectivity index (χ4v) is 2.58. The molecule has 21 heavy (non-hydrogen) atoms. The van der Waals surface area contributed by atoms with Crippen LogP contribution in [-0.2, 0) is 13.1 Å². The Bertz CT molecular complexity index is 535. The van der Waals surface area contributed by atoms with Crippen LogP contribution in [-0.4, -0.2) is 21.8 Å². The molecule has 0 spiro atoms. The number of hydrogen-bond donors (Lipinski definition) is 2. The second-order valence-corrected chi connectivity index (χ2v) is 6.00. The summed E-state index contributed by atoms with van der Waals surface area (Å²) in [6, 6.07) is 12.6. The van der Waals surface area contributed by atoms with Gasteiger partial charge in [0.15, 0.2) is 0 Å². The fraction of sp³-hybridized carbons (Fsp3) is 0.444. The molecule has 0 aliphatic rings. The van der Waals surface area contributed by atoms with Gasteiger partial charge in [0.1, 0.15) is 0 Å². The predicted molar refractivity (Wildman–Crippen MR) is 87.2 cm³/mol. The van der Waals surface area contributed by atoms with Gasteiger partial charge in [0.2, 0.25) is 0 Å². The van der Waals surface area contributed by atoms with E-state index in [1.165, 1.54) is 11.1 Å². The lowest BCUT2D eigenvalue weighted by Gasteiger charge is -2.28. The molecule has 2 aromatic rings. The number of rotatable bonds is 8. The Morgan fingerprint density at radius 2 is 1.90 bits per heavy atom. The SMILES string of the molecule is CCCC(C)(CO)NCc1ccn(Cc2ccccc2)c1. The van der Waals surface area contributed by atoms with Gasteiger partial charge in [-0.05, 0) is 30.5 Å². The van der Waals surface area contributed by atoms with Crippen LogP contribution in [0.4, 0.5) is 0 Å². The molecule has 1 aromatic carbocycles. The molecule has 2 N–H and O–H groups in total. The molecule has 1 aromatic heterocycles. The second kappa shape index (κ2) is 7.43. The Labute approximate surface area is 127 Å². The summed E-state index contributed by atoms with van der Waals surface area (Å²) in [4.78, 5) is 0. The summed E-state index contributed by atoms with van der Waals surface area (Å²) in [5.74, 6) is 0. The zero-order chi connectivity index (χ0) is 15.1. The normalized spacial score (nSPS) is 14.0. The molecule has 1 atom stereocenters. The number of aliphatic hydroxyl groups excluding tert-OH is 1. The van der Waals surface area contributed by atoms with Crippen molar-refractivity contribution in [3.63, 3.8) is 0 Å². The topological polar surface area (TPSA) is 37.2 Å². The molecule has 3 heteroatoms. The highest BCUT2D eigenvalue weighted by Crippen LogP contribution is 2.13. The van der Waals surface area contributed by atoms with Crippen molar-refractivity contribution in [1.29, 1.82) is 0 Å². The number of aliphatic hydroxyl groups is 1. The van der Waals surface area contributed by atoms with Crippen LogP contribution in [0.5, 0.6) is 0 Å². The van der Waals surface area contributed by atoms with E-state index in [-0.39, 0.29) is 12.1 Å². The lowest BCUT2D eigenvalue weighted by molar-refractivity contribution is 0.163. The van der Waals surface area contributed by atoms with Crippen LogP contribution in [0.2, 0.25) is 0 Å². The van der Waals surface area contributed by atoms with Crippen molar-refractivity contribution in [2.45, 2.75) is 45.3 Å². The second-order valence-electron chi connectivity index (χ2n) is 6.00. The minimum absolute atomic E-state index is 0.172. The Balaban J connectivity index is 1.91. The van der Waals surface area contributed by atoms with Crippen LogP contribution in [0, 0.1) is 0 Å². The summed E-state index contributed by atoms with van der Waals surface area (Å²) in [7, 11) is 0. The number of benzene rings is 1. The van der Waals surface area contributed by atoms with E-state index in [9.17, 15) is 5.11 Å². The third-order valence-corrected chi connectivity index (χ3v) is 3.89. The number of nitrogens with one attached hydrogen (secondary N) is 1. The van der Waals surface area contributed by atoms with Crippen molar-refractivity contribution >= 4 is 0 Å². The van der Waals surface area contributed by atoms with Crippen LogP contribution < -0.4 is 5.32 Å². The molecular weight excluding hydrogens is 260 g/mol. The van der Waals surface area contributed by atoms with Gasteiger partial charge >= 0.3 is 0 Å². The van der Waals surface area contributed by atoms with Gasteiger partial charge in [-0.25, -0.2) is 0 Å².